The first-order valence-electron chi connectivity index (χ1n) is 9.87. The summed E-state index contributed by atoms with van der Waals surface area (Å²) >= 11 is 1.74. The number of guanidine groups is 1. The smallest absolute Gasteiger partial charge is 0.191 e. The summed E-state index contributed by atoms with van der Waals surface area (Å²) in [5.74, 6) is 2.40. The van der Waals surface area contributed by atoms with Crippen molar-refractivity contribution >= 4 is 17.3 Å². The van der Waals surface area contributed by atoms with Crippen molar-refractivity contribution in [2.24, 2.45) is 4.99 Å². The molecule has 0 amide bonds. The molecule has 152 valence electrons. The predicted octanol–water partition coefficient (Wildman–Crippen LogP) is 3.69. The first kappa shape index (κ1) is 20.5. The van der Waals surface area contributed by atoms with E-state index in [0.717, 1.165) is 53.8 Å². The van der Waals surface area contributed by atoms with Crippen LogP contribution in [0.3, 0.4) is 0 Å². The van der Waals surface area contributed by atoms with Gasteiger partial charge in [0.15, 0.2) is 17.5 Å². The van der Waals surface area contributed by atoms with E-state index in [1.54, 1.807) is 25.5 Å². The normalized spacial score (nSPS) is 14.9. The lowest BCUT2D eigenvalue weighted by Crippen LogP contribution is -2.37. The molecule has 28 heavy (non-hydrogen) atoms. The van der Waals surface area contributed by atoms with E-state index >= 15 is 0 Å². The summed E-state index contributed by atoms with van der Waals surface area (Å²) < 4.78 is 11.7. The molecule has 0 bridgehead atoms. The number of methoxy groups -OCH3 is 1. The van der Waals surface area contributed by atoms with Crippen molar-refractivity contribution in [1.82, 2.24) is 15.6 Å². The van der Waals surface area contributed by atoms with Gasteiger partial charge in [0, 0.05) is 37.6 Å². The van der Waals surface area contributed by atoms with Crippen LogP contribution >= 0.6 is 11.3 Å². The van der Waals surface area contributed by atoms with Crippen LogP contribution in [-0.4, -0.2) is 37.7 Å². The van der Waals surface area contributed by atoms with Crippen LogP contribution in [0, 0.1) is 6.92 Å². The van der Waals surface area contributed by atoms with Gasteiger partial charge in [-0.15, -0.1) is 11.3 Å². The first-order chi connectivity index (χ1) is 13.7. The fourth-order valence-electron chi connectivity index (χ4n) is 3.32. The Morgan fingerprint density at radius 3 is 2.75 bits per heavy atom. The quantitative estimate of drug-likeness (QED) is 0.521. The minimum absolute atomic E-state index is 0.307. The van der Waals surface area contributed by atoms with E-state index in [2.05, 4.69) is 39.7 Å². The molecule has 1 aromatic carbocycles. The topological polar surface area (TPSA) is 67.8 Å². The van der Waals surface area contributed by atoms with Gasteiger partial charge in [0.2, 0.25) is 0 Å². The van der Waals surface area contributed by atoms with Gasteiger partial charge in [-0.2, -0.15) is 0 Å². The Balaban J connectivity index is 1.51. The zero-order valence-corrected chi connectivity index (χ0v) is 17.8. The van der Waals surface area contributed by atoms with E-state index in [0.29, 0.717) is 12.6 Å². The van der Waals surface area contributed by atoms with E-state index in [-0.39, 0.29) is 0 Å². The average molecular weight is 403 g/mol. The molecular weight excluding hydrogens is 372 g/mol. The minimum Gasteiger partial charge on any atom is -0.493 e. The van der Waals surface area contributed by atoms with Crippen LogP contribution in [0.4, 0.5) is 0 Å². The van der Waals surface area contributed by atoms with Crippen LogP contribution in [0.15, 0.2) is 29.4 Å². The van der Waals surface area contributed by atoms with Gasteiger partial charge < -0.3 is 20.1 Å². The fraction of sp³-hybridized carbons (Fsp3) is 0.524. The highest BCUT2D eigenvalue weighted by atomic mass is 32.1. The van der Waals surface area contributed by atoms with Gasteiger partial charge in [0.1, 0.15) is 0 Å². The number of benzene rings is 1. The maximum absolute atomic E-state index is 6.18. The molecule has 0 radical (unpaired) electrons. The number of aliphatic imine (C=N–C) groups is 1. The molecule has 0 spiro atoms. The van der Waals surface area contributed by atoms with Crippen LogP contribution in [0.2, 0.25) is 0 Å². The molecule has 0 unspecified atom stereocenters. The van der Waals surface area contributed by atoms with Gasteiger partial charge in [0.25, 0.3) is 0 Å². The molecule has 2 N–H and O–H groups in total. The molecular formula is C21H30N4O2S. The van der Waals surface area contributed by atoms with Crippen LogP contribution in [0.1, 0.15) is 41.1 Å². The molecule has 1 fully saturated rings. The van der Waals surface area contributed by atoms with Crippen molar-refractivity contribution in [2.75, 3.05) is 20.7 Å². The Hall–Kier alpha value is -2.28. The van der Waals surface area contributed by atoms with Gasteiger partial charge in [-0.3, -0.25) is 4.99 Å². The highest BCUT2D eigenvalue weighted by molar-refractivity contribution is 7.11. The zero-order chi connectivity index (χ0) is 19.8. The number of rotatable bonds is 8. The molecule has 6 nitrogen and oxygen atoms in total. The van der Waals surface area contributed by atoms with E-state index in [9.17, 15) is 0 Å². The van der Waals surface area contributed by atoms with Crippen molar-refractivity contribution in [2.45, 2.75) is 51.7 Å². The zero-order valence-electron chi connectivity index (χ0n) is 17.0. The molecule has 7 heteroatoms. The van der Waals surface area contributed by atoms with Crippen molar-refractivity contribution in [3.05, 3.63) is 39.8 Å². The summed E-state index contributed by atoms with van der Waals surface area (Å²) in [6.45, 7) is 3.54. The number of aryl methyl sites for hydroxylation is 1. The fourth-order valence-corrected chi connectivity index (χ4v) is 4.11. The maximum atomic E-state index is 6.18. The SMILES string of the molecule is CN=C(NCCc1ncc(C)s1)NCc1ccc(OC)c(OC2CCCC2)c1. The molecule has 1 heterocycles. The average Bonchev–Trinajstić information content (AvgIpc) is 3.36. The highest BCUT2D eigenvalue weighted by Crippen LogP contribution is 2.32. The van der Waals surface area contributed by atoms with Gasteiger partial charge in [-0.1, -0.05) is 6.07 Å². The Bertz CT molecular complexity index is 784. The molecule has 0 atom stereocenters. The third kappa shape index (κ3) is 5.86. The Kier molecular flexibility index (Phi) is 7.54. The summed E-state index contributed by atoms with van der Waals surface area (Å²) in [5.41, 5.74) is 1.13. The molecule has 1 aromatic heterocycles. The Morgan fingerprint density at radius 2 is 2.07 bits per heavy atom. The second kappa shape index (κ2) is 10.3. The molecule has 2 aromatic rings. The van der Waals surface area contributed by atoms with E-state index in [1.165, 1.54) is 17.7 Å². The second-order valence-electron chi connectivity index (χ2n) is 6.98. The Labute approximate surface area is 171 Å². The first-order valence-corrected chi connectivity index (χ1v) is 10.7. The molecule has 0 aliphatic heterocycles. The summed E-state index contributed by atoms with van der Waals surface area (Å²) in [7, 11) is 3.47. The molecule has 1 aliphatic carbocycles. The number of nitrogens with zero attached hydrogens (tertiary/aromatic N) is 2. The van der Waals surface area contributed by atoms with Crippen molar-refractivity contribution < 1.29 is 9.47 Å². The second-order valence-corrected chi connectivity index (χ2v) is 8.30. The summed E-state index contributed by atoms with van der Waals surface area (Å²) in [4.78, 5) is 9.94. The number of aromatic nitrogens is 1. The van der Waals surface area contributed by atoms with Gasteiger partial charge >= 0.3 is 0 Å². The molecule has 3 rings (SSSR count). The largest absolute Gasteiger partial charge is 0.493 e. The lowest BCUT2D eigenvalue weighted by atomic mass is 10.2. The van der Waals surface area contributed by atoms with Crippen molar-refractivity contribution in [1.29, 1.82) is 0 Å². The van der Waals surface area contributed by atoms with E-state index < -0.39 is 0 Å². The number of hydrogen-bond donors (Lipinski definition) is 2. The van der Waals surface area contributed by atoms with Gasteiger partial charge in [-0.25, -0.2) is 4.98 Å². The van der Waals surface area contributed by atoms with Crippen LogP contribution in [-0.2, 0) is 13.0 Å². The van der Waals surface area contributed by atoms with Crippen LogP contribution in [0.25, 0.3) is 0 Å². The van der Waals surface area contributed by atoms with Gasteiger partial charge in [-0.05, 0) is 50.3 Å². The van der Waals surface area contributed by atoms with E-state index in [1.807, 2.05) is 12.3 Å². The maximum Gasteiger partial charge on any atom is 0.191 e. The summed E-state index contributed by atoms with van der Waals surface area (Å²) in [6.07, 6.45) is 7.86. The predicted molar refractivity (Wildman–Crippen MR) is 115 cm³/mol. The number of ether oxygens (including phenoxy) is 2. The molecule has 0 saturated heterocycles. The number of nitrogens with one attached hydrogen (secondary N) is 2. The van der Waals surface area contributed by atoms with Gasteiger partial charge in [0.05, 0.1) is 18.2 Å². The van der Waals surface area contributed by atoms with Crippen LogP contribution in [0.5, 0.6) is 11.5 Å². The third-order valence-corrected chi connectivity index (χ3v) is 5.78. The molecule has 1 aliphatic rings. The summed E-state index contributed by atoms with van der Waals surface area (Å²) in [6, 6.07) is 6.09. The highest BCUT2D eigenvalue weighted by Gasteiger charge is 2.18. The lowest BCUT2D eigenvalue weighted by molar-refractivity contribution is 0.200. The Morgan fingerprint density at radius 1 is 1.25 bits per heavy atom. The standard InChI is InChI=1S/C21H30N4O2S/c1-15-13-24-20(28-15)10-11-23-21(22-2)25-14-16-8-9-18(26-3)19(12-16)27-17-6-4-5-7-17/h8-9,12-13,17H,4-7,10-11,14H2,1-3H3,(H2,22,23,25). The lowest BCUT2D eigenvalue weighted by Gasteiger charge is -2.17. The minimum atomic E-state index is 0.307. The van der Waals surface area contributed by atoms with E-state index in [4.69, 9.17) is 9.47 Å². The van der Waals surface area contributed by atoms with Crippen molar-refractivity contribution in [3.8, 4) is 11.5 Å². The number of hydrogen-bond acceptors (Lipinski definition) is 5. The monoisotopic (exact) mass is 402 g/mol. The molecule has 1 saturated carbocycles. The summed E-state index contributed by atoms with van der Waals surface area (Å²) in [5, 5.41) is 7.85. The van der Waals surface area contributed by atoms with Crippen molar-refractivity contribution in [3.63, 3.8) is 0 Å². The number of thiazole rings is 1. The third-order valence-electron chi connectivity index (χ3n) is 4.81. The van der Waals surface area contributed by atoms with Crippen LogP contribution < -0.4 is 20.1 Å².